The molecule has 1 aliphatic carbocycles. The molecule has 2 heterocycles. The maximum absolute atomic E-state index is 10.7. The van der Waals surface area contributed by atoms with E-state index >= 15 is 0 Å². The van der Waals surface area contributed by atoms with Gasteiger partial charge in [0.2, 0.25) is 0 Å². The molecule has 1 saturated carbocycles. The third kappa shape index (κ3) is 2.62. The van der Waals surface area contributed by atoms with E-state index in [1.165, 1.54) is 11.8 Å². The van der Waals surface area contributed by atoms with Gasteiger partial charge in [0, 0.05) is 12.6 Å². The summed E-state index contributed by atoms with van der Waals surface area (Å²) in [6.45, 7) is 2.93. The van der Waals surface area contributed by atoms with Gasteiger partial charge in [-0.15, -0.1) is 10.2 Å². The first-order valence-corrected chi connectivity index (χ1v) is 7.56. The second kappa shape index (κ2) is 5.13. The van der Waals surface area contributed by atoms with Gasteiger partial charge in [-0.1, -0.05) is 18.7 Å². The maximum atomic E-state index is 10.7. The van der Waals surface area contributed by atoms with Crippen molar-refractivity contribution in [1.29, 1.82) is 0 Å². The Morgan fingerprint density at radius 2 is 2.26 bits per heavy atom. The van der Waals surface area contributed by atoms with Crippen molar-refractivity contribution in [3.8, 4) is 0 Å². The number of ether oxygens (including phenoxy) is 1. The molecule has 6 nitrogen and oxygen atoms in total. The largest absolute Gasteiger partial charge is 0.481 e. The first-order chi connectivity index (χ1) is 9.16. The molecule has 2 fully saturated rings. The first-order valence-electron chi connectivity index (χ1n) is 6.58. The quantitative estimate of drug-likeness (QED) is 0.831. The van der Waals surface area contributed by atoms with Gasteiger partial charge in [0.1, 0.15) is 6.10 Å². The number of carboxylic acids is 1. The van der Waals surface area contributed by atoms with Gasteiger partial charge in [0.25, 0.3) is 0 Å². The van der Waals surface area contributed by atoms with E-state index in [1.807, 2.05) is 0 Å². The van der Waals surface area contributed by atoms with Gasteiger partial charge in [-0.25, -0.2) is 0 Å². The van der Waals surface area contributed by atoms with Crippen LogP contribution < -0.4 is 0 Å². The van der Waals surface area contributed by atoms with Gasteiger partial charge in [-0.3, -0.25) is 4.79 Å². The fourth-order valence-electron chi connectivity index (χ4n) is 2.41. The van der Waals surface area contributed by atoms with Crippen LogP contribution in [0.1, 0.15) is 44.2 Å². The summed E-state index contributed by atoms with van der Waals surface area (Å²) >= 11 is 1.24. The highest BCUT2D eigenvalue weighted by atomic mass is 32.2. The lowest BCUT2D eigenvalue weighted by molar-refractivity contribution is -0.133. The molecule has 7 heteroatoms. The average Bonchev–Trinajstić information content (AvgIpc) is 2.98. The number of rotatable bonds is 5. The Balaban J connectivity index is 1.85. The Hall–Kier alpha value is -1.08. The van der Waals surface area contributed by atoms with E-state index in [4.69, 9.17) is 9.84 Å². The number of hydrogen-bond donors (Lipinski definition) is 1. The van der Waals surface area contributed by atoms with Crippen molar-refractivity contribution in [2.45, 2.75) is 43.5 Å². The van der Waals surface area contributed by atoms with E-state index in [0.29, 0.717) is 17.1 Å². The summed E-state index contributed by atoms with van der Waals surface area (Å²) in [5, 5.41) is 17.9. The highest BCUT2D eigenvalue weighted by Gasteiger charge is 2.36. The Labute approximate surface area is 115 Å². The molecule has 1 saturated heterocycles. The van der Waals surface area contributed by atoms with Crippen molar-refractivity contribution in [2.75, 3.05) is 12.4 Å². The van der Waals surface area contributed by atoms with E-state index in [9.17, 15) is 4.79 Å². The third-order valence-corrected chi connectivity index (χ3v) is 4.50. The predicted octanol–water partition coefficient (Wildman–Crippen LogP) is 1.89. The fourth-order valence-corrected chi connectivity index (χ4v) is 3.14. The Bertz CT molecular complexity index is 487. The summed E-state index contributed by atoms with van der Waals surface area (Å²) in [5.41, 5.74) is 0. The highest BCUT2D eigenvalue weighted by Crippen LogP contribution is 2.43. The van der Waals surface area contributed by atoms with E-state index < -0.39 is 5.97 Å². The lowest BCUT2D eigenvalue weighted by atomic mass is 10.0. The van der Waals surface area contributed by atoms with Gasteiger partial charge in [0.15, 0.2) is 11.0 Å². The molecule has 104 valence electrons. The van der Waals surface area contributed by atoms with Crippen LogP contribution in [0.4, 0.5) is 0 Å². The van der Waals surface area contributed by atoms with Crippen LogP contribution in [-0.4, -0.2) is 38.2 Å². The van der Waals surface area contributed by atoms with Crippen molar-refractivity contribution in [1.82, 2.24) is 14.8 Å². The molecule has 1 N–H and O–H groups in total. The second-order valence-electron chi connectivity index (χ2n) is 5.18. The molecule has 1 aromatic heterocycles. The molecule has 2 atom stereocenters. The summed E-state index contributed by atoms with van der Waals surface area (Å²) < 4.78 is 7.86. The molecule has 0 radical (unpaired) electrons. The predicted molar refractivity (Wildman–Crippen MR) is 69.1 cm³/mol. The van der Waals surface area contributed by atoms with Crippen molar-refractivity contribution in [3.63, 3.8) is 0 Å². The molecular weight excluding hydrogens is 266 g/mol. The van der Waals surface area contributed by atoms with Gasteiger partial charge in [-0.2, -0.15) is 0 Å². The van der Waals surface area contributed by atoms with Crippen molar-refractivity contribution in [3.05, 3.63) is 5.82 Å². The van der Waals surface area contributed by atoms with Gasteiger partial charge < -0.3 is 14.4 Å². The van der Waals surface area contributed by atoms with Gasteiger partial charge in [0.05, 0.1) is 5.75 Å². The molecule has 0 bridgehead atoms. The lowest BCUT2D eigenvalue weighted by Gasteiger charge is -2.16. The summed E-state index contributed by atoms with van der Waals surface area (Å²) in [6, 6.07) is 0.428. The molecule has 3 rings (SSSR count). The van der Waals surface area contributed by atoms with E-state index in [-0.39, 0.29) is 11.9 Å². The zero-order valence-corrected chi connectivity index (χ0v) is 11.6. The topological polar surface area (TPSA) is 77.2 Å². The Kier molecular flexibility index (Phi) is 3.49. The van der Waals surface area contributed by atoms with E-state index in [2.05, 4.69) is 21.7 Å². The van der Waals surface area contributed by atoms with Crippen LogP contribution >= 0.6 is 11.8 Å². The smallest absolute Gasteiger partial charge is 0.313 e. The van der Waals surface area contributed by atoms with E-state index in [0.717, 1.165) is 31.7 Å². The van der Waals surface area contributed by atoms with Crippen molar-refractivity contribution < 1.29 is 14.6 Å². The molecule has 2 unspecified atom stereocenters. The molecule has 2 aliphatic rings. The summed E-state index contributed by atoms with van der Waals surface area (Å²) in [6.07, 6.45) is 3.28. The number of nitrogens with zero attached hydrogens (tertiary/aromatic N) is 3. The van der Waals surface area contributed by atoms with E-state index in [1.54, 1.807) is 0 Å². The Morgan fingerprint density at radius 1 is 1.47 bits per heavy atom. The monoisotopic (exact) mass is 283 g/mol. The Morgan fingerprint density at radius 3 is 2.84 bits per heavy atom. The van der Waals surface area contributed by atoms with Crippen LogP contribution in [-0.2, 0) is 9.53 Å². The number of hydrogen-bond acceptors (Lipinski definition) is 5. The summed E-state index contributed by atoms with van der Waals surface area (Å²) in [7, 11) is 0. The summed E-state index contributed by atoms with van der Waals surface area (Å²) in [5.74, 6) is 0.508. The molecule has 1 aliphatic heterocycles. The molecule has 19 heavy (non-hydrogen) atoms. The minimum Gasteiger partial charge on any atom is -0.481 e. The van der Waals surface area contributed by atoms with Crippen LogP contribution in [0.15, 0.2) is 5.16 Å². The average molecular weight is 283 g/mol. The highest BCUT2D eigenvalue weighted by molar-refractivity contribution is 7.99. The molecular formula is C12H17N3O3S. The van der Waals surface area contributed by atoms with Gasteiger partial charge in [-0.05, 0) is 25.2 Å². The molecule has 0 spiro atoms. The van der Waals surface area contributed by atoms with Gasteiger partial charge >= 0.3 is 5.97 Å². The maximum Gasteiger partial charge on any atom is 0.313 e. The fraction of sp³-hybridized carbons (Fsp3) is 0.750. The number of carbonyl (C=O) groups is 1. The number of thioether (sulfide) groups is 1. The normalized spacial score (nSPS) is 26.8. The number of aliphatic carboxylic acids is 1. The van der Waals surface area contributed by atoms with Crippen molar-refractivity contribution in [2.24, 2.45) is 5.92 Å². The minimum atomic E-state index is -0.831. The zero-order valence-electron chi connectivity index (χ0n) is 10.8. The second-order valence-corrected chi connectivity index (χ2v) is 6.12. The standard InChI is InChI=1S/C12H17N3O3S/c1-7-4-5-18-10(7)11-13-14-12(19-6-9(16)17)15(11)8-2-3-8/h7-8,10H,2-6H2,1H3,(H,16,17). The zero-order chi connectivity index (χ0) is 13.4. The molecule has 0 aromatic carbocycles. The van der Waals surface area contributed by atoms with Crippen molar-refractivity contribution >= 4 is 17.7 Å². The molecule has 0 amide bonds. The van der Waals surface area contributed by atoms with Crippen LogP contribution in [0, 0.1) is 5.92 Å². The van der Waals surface area contributed by atoms with Crippen LogP contribution in [0.25, 0.3) is 0 Å². The number of aromatic nitrogens is 3. The first kappa shape index (κ1) is 12.9. The minimum absolute atomic E-state index is 0.00674. The molecule has 1 aromatic rings. The SMILES string of the molecule is CC1CCOC1c1nnc(SCC(=O)O)n1C1CC1. The third-order valence-electron chi connectivity index (χ3n) is 3.57. The number of carboxylic acid groups (broad SMARTS) is 1. The van der Waals surface area contributed by atoms with Crippen LogP contribution in [0.5, 0.6) is 0 Å². The summed E-state index contributed by atoms with van der Waals surface area (Å²) in [4.78, 5) is 10.7. The van der Waals surface area contributed by atoms with Crippen LogP contribution in [0.2, 0.25) is 0 Å². The van der Waals surface area contributed by atoms with Crippen LogP contribution in [0.3, 0.4) is 0 Å². The lowest BCUT2D eigenvalue weighted by Crippen LogP contribution is -2.13.